The minimum atomic E-state index is -0.668. The lowest BCUT2D eigenvalue weighted by molar-refractivity contribution is 0.0988. The molecule has 0 bridgehead atoms. The van der Waals surface area contributed by atoms with Crippen LogP contribution in [0, 0.1) is 0 Å². The molecule has 1 amide bonds. The molecule has 0 unspecified atom stereocenters. The zero-order valence-electron chi connectivity index (χ0n) is 20.7. The van der Waals surface area contributed by atoms with E-state index in [1.54, 1.807) is 6.07 Å². The third kappa shape index (κ3) is 5.11. The third-order valence-electron chi connectivity index (χ3n) is 6.97. The molecule has 1 aliphatic rings. The van der Waals surface area contributed by atoms with E-state index in [0.29, 0.717) is 12.0 Å². The van der Waals surface area contributed by atoms with E-state index in [1.807, 2.05) is 66.7 Å². The van der Waals surface area contributed by atoms with Crippen LogP contribution in [0.2, 0.25) is 0 Å². The first-order chi connectivity index (χ1) is 18.0. The molecule has 1 aliphatic carbocycles. The number of carbonyl (C=O) groups excluding carboxylic acids is 1. The van der Waals surface area contributed by atoms with E-state index < -0.39 is 11.2 Å². The van der Waals surface area contributed by atoms with Crippen molar-refractivity contribution in [2.45, 2.75) is 38.6 Å². The monoisotopic (exact) mass is 494 g/mol. The van der Waals surface area contributed by atoms with Crippen molar-refractivity contribution in [1.82, 2.24) is 9.55 Å². The van der Waals surface area contributed by atoms with Crippen molar-refractivity contribution in [3.63, 3.8) is 0 Å². The SMILES string of the molecule is Nc1c(N(CCC2=CCCCC2)C(=O)c2cccc3ccccc23)c(=O)[nH]c(=O)n1Cc1ccccc1. The summed E-state index contributed by atoms with van der Waals surface area (Å²) < 4.78 is 1.31. The molecule has 1 heterocycles. The first-order valence-corrected chi connectivity index (χ1v) is 12.7. The van der Waals surface area contributed by atoms with Crippen LogP contribution in [0.25, 0.3) is 10.8 Å². The number of aromatic nitrogens is 2. The molecular weight excluding hydrogens is 464 g/mol. The highest BCUT2D eigenvalue weighted by Crippen LogP contribution is 2.27. The van der Waals surface area contributed by atoms with Crippen molar-refractivity contribution < 1.29 is 4.79 Å². The minimum Gasteiger partial charge on any atom is -0.383 e. The summed E-state index contributed by atoms with van der Waals surface area (Å²) in [4.78, 5) is 43.9. The van der Waals surface area contributed by atoms with Gasteiger partial charge in [-0.1, -0.05) is 78.4 Å². The molecule has 0 spiro atoms. The summed E-state index contributed by atoms with van der Waals surface area (Å²) in [5, 5.41) is 1.73. The predicted octanol–water partition coefficient (Wildman–Crippen LogP) is 4.86. The van der Waals surface area contributed by atoms with Gasteiger partial charge in [0, 0.05) is 12.1 Å². The Labute approximate surface area is 214 Å². The molecule has 0 radical (unpaired) electrons. The van der Waals surface area contributed by atoms with Crippen molar-refractivity contribution in [1.29, 1.82) is 0 Å². The second-order valence-electron chi connectivity index (χ2n) is 9.41. The van der Waals surface area contributed by atoms with Crippen molar-refractivity contribution in [2.24, 2.45) is 0 Å². The fourth-order valence-corrected chi connectivity index (χ4v) is 5.02. The third-order valence-corrected chi connectivity index (χ3v) is 6.97. The molecule has 37 heavy (non-hydrogen) atoms. The topological polar surface area (TPSA) is 101 Å². The highest BCUT2D eigenvalue weighted by molar-refractivity contribution is 6.14. The maximum atomic E-state index is 14.1. The number of amides is 1. The quantitative estimate of drug-likeness (QED) is 0.358. The molecule has 1 aromatic heterocycles. The molecule has 188 valence electrons. The summed E-state index contributed by atoms with van der Waals surface area (Å²) in [6.07, 6.45) is 7.15. The van der Waals surface area contributed by atoms with Gasteiger partial charge in [0.15, 0.2) is 5.69 Å². The van der Waals surface area contributed by atoms with Crippen molar-refractivity contribution in [3.05, 3.63) is 116 Å². The average Bonchev–Trinajstić information content (AvgIpc) is 2.93. The van der Waals surface area contributed by atoms with Crippen LogP contribution in [0.15, 0.2) is 94.0 Å². The van der Waals surface area contributed by atoms with Crippen LogP contribution < -0.4 is 21.9 Å². The Morgan fingerprint density at radius 3 is 2.49 bits per heavy atom. The Hall–Kier alpha value is -4.39. The highest BCUT2D eigenvalue weighted by atomic mass is 16.2. The predicted molar refractivity (Wildman–Crippen MR) is 148 cm³/mol. The minimum absolute atomic E-state index is 0.00451. The zero-order valence-corrected chi connectivity index (χ0v) is 20.7. The number of carbonyl (C=O) groups is 1. The van der Waals surface area contributed by atoms with Crippen molar-refractivity contribution >= 4 is 28.2 Å². The summed E-state index contributed by atoms with van der Waals surface area (Å²) in [6.45, 7) is 0.460. The maximum absolute atomic E-state index is 14.1. The average molecular weight is 495 g/mol. The molecule has 5 rings (SSSR count). The number of hydrogen-bond acceptors (Lipinski definition) is 4. The number of aromatic amines is 1. The van der Waals surface area contributed by atoms with Gasteiger partial charge in [0.25, 0.3) is 11.5 Å². The molecular formula is C30H30N4O3. The normalized spacial score (nSPS) is 13.4. The van der Waals surface area contributed by atoms with Crippen LogP contribution in [0.5, 0.6) is 0 Å². The number of H-pyrrole nitrogens is 1. The number of benzene rings is 3. The fraction of sp³-hybridized carbons (Fsp3) is 0.233. The van der Waals surface area contributed by atoms with E-state index in [9.17, 15) is 14.4 Å². The molecule has 0 saturated heterocycles. The number of hydrogen-bond donors (Lipinski definition) is 2. The maximum Gasteiger partial charge on any atom is 0.330 e. The summed E-state index contributed by atoms with van der Waals surface area (Å²) in [7, 11) is 0. The molecule has 0 atom stereocenters. The van der Waals surface area contributed by atoms with Crippen LogP contribution in [0.1, 0.15) is 48.0 Å². The summed E-state index contributed by atoms with van der Waals surface area (Å²) in [6, 6.07) is 22.6. The van der Waals surface area contributed by atoms with E-state index in [1.165, 1.54) is 21.5 Å². The van der Waals surface area contributed by atoms with E-state index in [0.717, 1.165) is 35.6 Å². The second-order valence-corrected chi connectivity index (χ2v) is 9.41. The number of anilines is 2. The van der Waals surface area contributed by atoms with E-state index in [-0.39, 0.29) is 30.5 Å². The number of fused-ring (bicyclic) bond motifs is 1. The Balaban J connectivity index is 1.61. The van der Waals surface area contributed by atoms with Gasteiger partial charge >= 0.3 is 5.69 Å². The number of nitrogens with zero attached hydrogens (tertiary/aromatic N) is 2. The van der Waals surface area contributed by atoms with Gasteiger partial charge in [0.1, 0.15) is 5.82 Å². The first-order valence-electron chi connectivity index (χ1n) is 12.7. The van der Waals surface area contributed by atoms with Crippen LogP contribution in [-0.2, 0) is 6.54 Å². The first kappa shape index (κ1) is 24.3. The van der Waals surface area contributed by atoms with Gasteiger partial charge in [-0.3, -0.25) is 19.1 Å². The summed E-state index contributed by atoms with van der Waals surface area (Å²) in [5.41, 5.74) is 7.84. The number of nitrogens with one attached hydrogen (secondary N) is 1. The van der Waals surface area contributed by atoms with Crippen LogP contribution >= 0.6 is 0 Å². The van der Waals surface area contributed by atoms with E-state index in [4.69, 9.17) is 5.73 Å². The molecule has 3 N–H and O–H groups in total. The Morgan fingerprint density at radius 2 is 1.70 bits per heavy atom. The standard InChI is InChI=1S/C30H30N4O3/c31-27-26(28(35)32-30(37)34(27)20-22-12-5-2-6-13-22)33(19-18-21-10-3-1-4-11-21)29(36)25-17-9-15-23-14-7-8-16-24(23)25/h2,5-10,12-17H,1,3-4,11,18-20,31H2,(H,32,35,37). The Morgan fingerprint density at radius 1 is 0.946 bits per heavy atom. The van der Waals surface area contributed by atoms with Gasteiger partial charge < -0.3 is 10.6 Å². The fourth-order valence-electron chi connectivity index (χ4n) is 5.02. The van der Waals surface area contributed by atoms with E-state index >= 15 is 0 Å². The number of nitrogen functional groups attached to an aromatic ring is 1. The molecule has 7 nitrogen and oxygen atoms in total. The smallest absolute Gasteiger partial charge is 0.330 e. The van der Waals surface area contributed by atoms with Crippen LogP contribution in [0.4, 0.5) is 11.5 Å². The lowest BCUT2D eigenvalue weighted by Gasteiger charge is -2.26. The van der Waals surface area contributed by atoms with Crippen molar-refractivity contribution in [3.8, 4) is 0 Å². The zero-order chi connectivity index (χ0) is 25.8. The Kier molecular flexibility index (Phi) is 7.03. The van der Waals surface area contributed by atoms with Gasteiger partial charge in [0.05, 0.1) is 6.54 Å². The Bertz CT molecular complexity index is 1580. The molecule has 4 aromatic rings. The number of rotatable bonds is 7. The number of allylic oxidation sites excluding steroid dienone is 1. The lowest BCUT2D eigenvalue weighted by atomic mass is 9.97. The molecule has 3 aromatic carbocycles. The van der Waals surface area contributed by atoms with Gasteiger partial charge in [-0.2, -0.15) is 0 Å². The molecule has 0 aliphatic heterocycles. The molecule has 0 fully saturated rings. The van der Waals surface area contributed by atoms with Crippen molar-refractivity contribution in [2.75, 3.05) is 17.2 Å². The largest absolute Gasteiger partial charge is 0.383 e. The van der Waals surface area contributed by atoms with Crippen LogP contribution in [-0.4, -0.2) is 22.0 Å². The second kappa shape index (κ2) is 10.7. The highest BCUT2D eigenvalue weighted by Gasteiger charge is 2.26. The van der Waals surface area contributed by atoms with Crippen LogP contribution in [0.3, 0.4) is 0 Å². The van der Waals surface area contributed by atoms with Gasteiger partial charge in [-0.25, -0.2) is 4.79 Å². The van der Waals surface area contributed by atoms with Gasteiger partial charge in [-0.15, -0.1) is 0 Å². The molecule has 7 heteroatoms. The van der Waals surface area contributed by atoms with E-state index in [2.05, 4.69) is 11.1 Å². The summed E-state index contributed by atoms with van der Waals surface area (Å²) >= 11 is 0. The van der Waals surface area contributed by atoms with Gasteiger partial charge in [-0.05, 0) is 54.5 Å². The number of nitrogens with two attached hydrogens (primary N) is 1. The van der Waals surface area contributed by atoms with Gasteiger partial charge in [0.2, 0.25) is 0 Å². The summed E-state index contributed by atoms with van der Waals surface area (Å²) in [5.74, 6) is -0.348. The molecule has 0 saturated carbocycles. The lowest BCUT2D eigenvalue weighted by Crippen LogP contribution is -2.42.